The van der Waals surface area contributed by atoms with Crippen molar-refractivity contribution in [1.29, 1.82) is 0 Å². The highest BCUT2D eigenvalue weighted by atomic mass is 16.7. The first-order chi connectivity index (χ1) is 13.3. The second-order valence-corrected chi connectivity index (χ2v) is 6.86. The molecule has 0 radical (unpaired) electrons. The van der Waals surface area contributed by atoms with Gasteiger partial charge in [-0.2, -0.15) is 0 Å². The maximum absolute atomic E-state index is 12.6. The molecule has 3 atom stereocenters. The lowest BCUT2D eigenvalue weighted by Crippen LogP contribution is -2.29. The molecule has 27 heavy (non-hydrogen) atoms. The Morgan fingerprint density at radius 1 is 0.852 bits per heavy atom. The fourth-order valence-corrected chi connectivity index (χ4v) is 4.35. The number of nitrogens with zero attached hydrogens (tertiary/aromatic N) is 1. The molecule has 1 aliphatic heterocycles. The van der Waals surface area contributed by atoms with E-state index in [9.17, 15) is 4.79 Å². The van der Waals surface area contributed by atoms with Crippen molar-refractivity contribution in [3.8, 4) is 11.1 Å². The summed E-state index contributed by atoms with van der Waals surface area (Å²) >= 11 is 0. The Balaban J connectivity index is 1.75. The van der Waals surface area contributed by atoms with E-state index in [0.29, 0.717) is 0 Å². The number of carbonyl (C=O) groups excluding carboxylic acids is 1. The highest BCUT2D eigenvalue weighted by Crippen LogP contribution is 2.55. The Morgan fingerprint density at radius 2 is 1.44 bits per heavy atom. The molecule has 4 heteroatoms. The quantitative estimate of drug-likeness (QED) is 0.634. The molecule has 1 heterocycles. The smallest absolute Gasteiger partial charge is 0.338 e. The number of hydrogen-bond donors (Lipinski definition) is 0. The third kappa shape index (κ3) is 2.37. The second kappa shape index (κ2) is 6.25. The number of carbonyl (C=O) groups is 1. The molecular formula is C23H19NO3. The van der Waals surface area contributed by atoms with Gasteiger partial charge in [-0.05, 0) is 34.4 Å². The summed E-state index contributed by atoms with van der Waals surface area (Å²) in [6.07, 6.45) is -0.685. The van der Waals surface area contributed by atoms with E-state index < -0.39 is 6.10 Å². The molecule has 5 rings (SSSR count). The van der Waals surface area contributed by atoms with Crippen LogP contribution in [0.2, 0.25) is 0 Å². The minimum absolute atomic E-state index is 0.0948. The van der Waals surface area contributed by atoms with Gasteiger partial charge in [-0.15, -0.1) is 0 Å². The molecule has 2 aliphatic rings. The third-order valence-corrected chi connectivity index (χ3v) is 5.48. The number of benzene rings is 3. The van der Waals surface area contributed by atoms with Gasteiger partial charge in [0.2, 0.25) is 0 Å². The molecule has 1 fully saturated rings. The number of para-hydroxylation sites is 1. The van der Waals surface area contributed by atoms with Crippen LogP contribution in [0.1, 0.15) is 23.1 Å². The SMILES string of the molecule is COC(=O)C1ON(c2ccccc2)C2c3ccccc3-c3ccccc3C12. The summed E-state index contributed by atoms with van der Waals surface area (Å²) in [6.45, 7) is 0. The van der Waals surface area contributed by atoms with E-state index in [2.05, 4.69) is 30.3 Å². The molecule has 3 aromatic carbocycles. The summed E-state index contributed by atoms with van der Waals surface area (Å²) in [7, 11) is 1.41. The molecule has 0 saturated carbocycles. The molecule has 0 N–H and O–H groups in total. The van der Waals surface area contributed by atoms with E-state index in [-0.39, 0.29) is 17.9 Å². The lowest BCUT2D eigenvalue weighted by molar-refractivity contribution is -0.152. The van der Waals surface area contributed by atoms with Crippen molar-refractivity contribution < 1.29 is 14.4 Å². The molecule has 4 nitrogen and oxygen atoms in total. The van der Waals surface area contributed by atoms with Gasteiger partial charge in [-0.25, -0.2) is 9.86 Å². The number of hydroxylamine groups is 1. The largest absolute Gasteiger partial charge is 0.467 e. The van der Waals surface area contributed by atoms with E-state index in [1.165, 1.54) is 12.7 Å². The van der Waals surface area contributed by atoms with Crippen molar-refractivity contribution in [2.75, 3.05) is 12.2 Å². The normalized spacial score (nSPS) is 22.6. The topological polar surface area (TPSA) is 38.8 Å². The molecule has 3 aromatic rings. The Bertz CT molecular complexity index is 1000. The van der Waals surface area contributed by atoms with Crippen LogP contribution < -0.4 is 5.06 Å². The minimum atomic E-state index is -0.685. The molecule has 1 aliphatic carbocycles. The molecule has 1 saturated heterocycles. The fraction of sp³-hybridized carbons (Fsp3) is 0.174. The lowest BCUT2D eigenvalue weighted by Gasteiger charge is -2.34. The van der Waals surface area contributed by atoms with E-state index >= 15 is 0 Å². The third-order valence-electron chi connectivity index (χ3n) is 5.48. The first-order valence-electron chi connectivity index (χ1n) is 9.06. The van der Waals surface area contributed by atoms with E-state index in [1.807, 2.05) is 53.6 Å². The highest BCUT2D eigenvalue weighted by Gasteiger charge is 2.52. The van der Waals surface area contributed by atoms with Crippen LogP contribution in [0.25, 0.3) is 11.1 Å². The van der Waals surface area contributed by atoms with Crippen LogP contribution in [0, 0.1) is 0 Å². The second-order valence-electron chi connectivity index (χ2n) is 6.86. The highest BCUT2D eigenvalue weighted by molar-refractivity contribution is 5.83. The van der Waals surface area contributed by atoms with E-state index in [1.54, 1.807) is 0 Å². The summed E-state index contributed by atoms with van der Waals surface area (Å²) in [6, 6.07) is 26.4. The molecule has 0 bridgehead atoms. The zero-order valence-corrected chi connectivity index (χ0v) is 14.9. The Hall–Kier alpha value is -3.11. The Labute approximate surface area is 157 Å². The van der Waals surface area contributed by atoms with Crippen molar-refractivity contribution >= 4 is 11.7 Å². The number of rotatable bonds is 2. The van der Waals surface area contributed by atoms with Crippen LogP contribution in [0.4, 0.5) is 5.69 Å². The van der Waals surface area contributed by atoms with Crippen LogP contribution in [0.3, 0.4) is 0 Å². The average Bonchev–Trinajstić information content (AvgIpc) is 3.15. The predicted octanol–water partition coefficient (Wildman–Crippen LogP) is 4.49. The van der Waals surface area contributed by atoms with Crippen LogP contribution in [-0.2, 0) is 14.4 Å². The van der Waals surface area contributed by atoms with Gasteiger partial charge in [0.15, 0.2) is 6.10 Å². The van der Waals surface area contributed by atoms with Crippen molar-refractivity contribution in [2.24, 2.45) is 0 Å². The van der Waals surface area contributed by atoms with Crippen LogP contribution >= 0.6 is 0 Å². The monoisotopic (exact) mass is 357 g/mol. The molecule has 3 unspecified atom stereocenters. The summed E-state index contributed by atoms with van der Waals surface area (Å²) in [5.41, 5.74) is 5.55. The number of ether oxygens (including phenoxy) is 1. The zero-order chi connectivity index (χ0) is 18.4. The van der Waals surface area contributed by atoms with E-state index in [0.717, 1.165) is 22.4 Å². The number of methoxy groups -OCH3 is 1. The van der Waals surface area contributed by atoms with Crippen molar-refractivity contribution in [2.45, 2.75) is 18.1 Å². The van der Waals surface area contributed by atoms with Gasteiger partial charge in [0.1, 0.15) is 0 Å². The van der Waals surface area contributed by atoms with Gasteiger partial charge in [0, 0.05) is 0 Å². The lowest BCUT2D eigenvalue weighted by atomic mass is 9.73. The summed E-state index contributed by atoms with van der Waals surface area (Å²) in [4.78, 5) is 18.8. The van der Waals surface area contributed by atoms with Crippen LogP contribution in [0.15, 0.2) is 78.9 Å². The van der Waals surface area contributed by atoms with Gasteiger partial charge in [-0.3, -0.25) is 4.84 Å². The fourth-order valence-electron chi connectivity index (χ4n) is 4.35. The number of esters is 1. The van der Waals surface area contributed by atoms with Crippen molar-refractivity contribution in [3.63, 3.8) is 0 Å². The Morgan fingerprint density at radius 3 is 2.15 bits per heavy atom. The number of hydrogen-bond acceptors (Lipinski definition) is 4. The van der Waals surface area contributed by atoms with Gasteiger partial charge >= 0.3 is 5.97 Å². The summed E-state index contributed by atoms with van der Waals surface area (Å²) in [5.74, 6) is -0.485. The number of anilines is 1. The molecule has 0 spiro atoms. The first-order valence-corrected chi connectivity index (χ1v) is 9.06. The van der Waals surface area contributed by atoms with Crippen LogP contribution in [-0.4, -0.2) is 19.2 Å². The van der Waals surface area contributed by atoms with Gasteiger partial charge < -0.3 is 4.74 Å². The molecular weight excluding hydrogens is 338 g/mol. The number of fused-ring (bicyclic) bond motifs is 6. The van der Waals surface area contributed by atoms with Gasteiger partial charge in [0.05, 0.1) is 24.8 Å². The van der Waals surface area contributed by atoms with Gasteiger partial charge in [0.25, 0.3) is 0 Å². The van der Waals surface area contributed by atoms with E-state index in [4.69, 9.17) is 9.57 Å². The zero-order valence-electron chi connectivity index (χ0n) is 14.9. The van der Waals surface area contributed by atoms with Gasteiger partial charge in [-0.1, -0.05) is 66.7 Å². The molecule has 134 valence electrons. The first kappa shape index (κ1) is 16.1. The van der Waals surface area contributed by atoms with Crippen molar-refractivity contribution in [3.05, 3.63) is 90.0 Å². The summed E-state index contributed by atoms with van der Waals surface area (Å²) in [5, 5.41) is 1.88. The standard InChI is InChI=1S/C23H19NO3/c1-26-23(25)22-20-18-13-7-5-11-16(18)17-12-6-8-14-19(17)21(20)24(27-22)15-9-3-2-4-10-15/h2-14,20-22H,1H3. The van der Waals surface area contributed by atoms with Crippen LogP contribution in [0.5, 0.6) is 0 Å². The van der Waals surface area contributed by atoms with Crippen molar-refractivity contribution in [1.82, 2.24) is 0 Å². The predicted molar refractivity (Wildman–Crippen MR) is 103 cm³/mol. The molecule has 0 amide bonds. The maximum atomic E-state index is 12.6. The summed E-state index contributed by atoms with van der Waals surface area (Å²) < 4.78 is 5.08. The average molecular weight is 357 g/mol. The minimum Gasteiger partial charge on any atom is -0.467 e. The molecule has 0 aromatic heterocycles. The Kier molecular flexibility index (Phi) is 3.73. The maximum Gasteiger partial charge on any atom is 0.338 e.